The fraction of sp³-hybridized carbons (Fsp3) is 0.120. The van der Waals surface area contributed by atoms with Crippen LogP contribution < -0.4 is 10.1 Å². The van der Waals surface area contributed by atoms with Crippen molar-refractivity contribution in [2.24, 2.45) is 0 Å². The highest BCUT2D eigenvalue weighted by molar-refractivity contribution is 14.1. The molecule has 0 saturated carbocycles. The molecule has 1 amide bonds. The quantitative estimate of drug-likeness (QED) is 0.243. The number of benzene rings is 3. The summed E-state index contributed by atoms with van der Waals surface area (Å²) in [6.45, 7) is 2.47. The van der Waals surface area contributed by atoms with Crippen molar-refractivity contribution in [3.63, 3.8) is 0 Å². The van der Waals surface area contributed by atoms with Crippen molar-refractivity contribution in [2.75, 3.05) is 5.32 Å². The summed E-state index contributed by atoms with van der Waals surface area (Å²) in [5.74, 6) is 0.165. The highest BCUT2D eigenvalue weighted by Crippen LogP contribution is 2.23. The van der Waals surface area contributed by atoms with E-state index < -0.39 is 5.91 Å². The van der Waals surface area contributed by atoms with E-state index in [1.165, 1.54) is 5.56 Å². The van der Waals surface area contributed by atoms with Crippen LogP contribution in [0.5, 0.6) is 5.75 Å². The standard InChI is InChI=1S/C25H21IN2O2/c1-2-18-9-13-23(14-10-18)28-25(29)21(16-27)15-20-5-3-4-6-24(20)30-17-19-7-11-22(26)12-8-19/h3-15H,2,17H2,1H3,(H,28,29). The van der Waals surface area contributed by atoms with Crippen LogP contribution in [0.1, 0.15) is 23.6 Å². The van der Waals surface area contributed by atoms with Crippen molar-refractivity contribution in [3.05, 3.63) is 98.6 Å². The summed E-state index contributed by atoms with van der Waals surface area (Å²) in [5, 5.41) is 12.3. The van der Waals surface area contributed by atoms with Crippen LogP contribution in [0.4, 0.5) is 5.69 Å². The topological polar surface area (TPSA) is 62.1 Å². The number of para-hydroxylation sites is 1. The number of hydrogen-bond donors (Lipinski definition) is 1. The number of aryl methyl sites for hydroxylation is 1. The minimum absolute atomic E-state index is 0.0138. The lowest BCUT2D eigenvalue weighted by molar-refractivity contribution is -0.112. The van der Waals surface area contributed by atoms with Gasteiger partial charge in [-0.05, 0) is 76.5 Å². The van der Waals surface area contributed by atoms with Crippen LogP contribution in [0.25, 0.3) is 6.08 Å². The Hall–Kier alpha value is -3.11. The van der Waals surface area contributed by atoms with Crippen LogP contribution in [0, 0.1) is 14.9 Å². The Morgan fingerprint density at radius 3 is 2.37 bits per heavy atom. The summed E-state index contributed by atoms with van der Waals surface area (Å²) in [7, 11) is 0. The molecule has 0 spiro atoms. The number of nitrogens with one attached hydrogen (secondary N) is 1. The second kappa shape index (κ2) is 10.6. The minimum Gasteiger partial charge on any atom is -0.488 e. The molecule has 0 saturated heterocycles. The van der Waals surface area contributed by atoms with Crippen molar-refractivity contribution >= 4 is 40.3 Å². The van der Waals surface area contributed by atoms with Crippen molar-refractivity contribution in [1.29, 1.82) is 5.26 Å². The largest absolute Gasteiger partial charge is 0.488 e. The fourth-order valence-electron chi connectivity index (χ4n) is 2.80. The lowest BCUT2D eigenvalue weighted by atomic mass is 10.1. The SMILES string of the molecule is CCc1ccc(NC(=O)C(C#N)=Cc2ccccc2OCc2ccc(I)cc2)cc1. The van der Waals surface area contributed by atoms with Crippen molar-refractivity contribution in [2.45, 2.75) is 20.0 Å². The van der Waals surface area contributed by atoms with Crippen LogP contribution in [0.2, 0.25) is 0 Å². The molecule has 3 aromatic carbocycles. The number of nitrogens with zero attached hydrogens (tertiary/aromatic N) is 1. The van der Waals surface area contributed by atoms with Gasteiger partial charge in [0.25, 0.3) is 5.91 Å². The first kappa shape index (κ1) is 21.6. The van der Waals surface area contributed by atoms with E-state index in [0.29, 0.717) is 23.6 Å². The molecule has 150 valence electrons. The van der Waals surface area contributed by atoms with Gasteiger partial charge in [-0.3, -0.25) is 4.79 Å². The van der Waals surface area contributed by atoms with Gasteiger partial charge in [-0.2, -0.15) is 5.26 Å². The van der Waals surface area contributed by atoms with Crippen LogP contribution in [0.3, 0.4) is 0 Å². The van der Waals surface area contributed by atoms with E-state index in [0.717, 1.165) is 15.6 Å². The maximum Gasteiger partial charge on any atom is 0.266 e. The Morgan fingerprint density at radius 1 is 1.03 bits per heavy atom. The molecule has 30 heavy (non-hydrogen) atoms. The smallest absolute Gasteiger partial charge is 0.266 e. The molecule has 0 unspecified atom stereocenters. The number of nitriles is 1. The summed E-state index contributed by atoms with van der Waals surface area (Å²) >= 11 is 2.26. The first-order chi connectivity index (χ1) is 14.6. The monoisotopic (exact) mass is 508 g/mol. The van der Waals surface area contributed by atoms with Crippen LogP contribution >= 0.6 is 22.6 Å². The Balaban J connectivity index is 1.75. The zero-order valence-electron chi connectivity index (χ0n) is 16.6. The summed E-state index contributed by atoms with van der Waals surface area (Å²) in [6.07, 6.45) is 2.48. The molecular weight excluding hydrogens is 487 g/mol. The van der Waals surface area contributed by atoms with Crippen molar-refractivity contribution in [1.82, 2.24) is 0 Å². The Kier molecular flexibility index (Phi) is 7.63. The molecule has 0 aromatic heterocycles. The first-order valence-corrected chi connectivity index (χ1v) is 10.6. The number of carbonyl (C=O) groups excluding carboxylic acids is 1. The van der Waals surface area contributed by atoms with E-state index in [2.05, 4.69) is 34.8 Å². The molecule has 0 heterocycles. The van der Waals surface area contributed by atoms with Gasteiger partial charge in [0.2, 0.25) is 0 Å². The molecular formula is C25H21IN2O2. The normalized spacial score (nSPS) is 10.9. The number of halogens is 1. The van der Waals surface area contributed by atoms with E-state index in [4.69, 9.17) is 4.74 Å². The van der Waals surface area contributed by atoms with Gasteiger partial charge in [-0.15, -0.1) is 0 Å². The Labute approximate surface area is 190 Å². The lowest BCUT2D eigenvalue weighted by Gasteiger charge is -2.10. The van der Waals surface area contributed by atoms with Gasteiger partial charge in [0.15, 0.2) is 0 Å². The third kappa shape index (κ3) is 5.94. The molecule has 0 radical (unpaired) electrons. The second-order valence-electron chi connectivity index (χ2n) is 6.63. The molecule has 5 heteroatoms. The van der Waals surface area contributed by atoms with Gasteiger partial charge in [-0.1, -0.05) is 49.4 Å². The Bertz CT molecular complexity index is 1080. The molecule has 0 atom stereocenters. The molecule has 0 fully saturated rings. The summed E-state index contributed by atoms with van der Waals surface area (Å²) in [5.41, 5.74) is 3.57. The number of rotatable bonds is 7. The van der Waals surface area contributed by atoms with Crippen LogP contribution in [-0.2, 0) is 17.8 Å². The van der Waals surface area contributed by atoms with E-state index in [1.54, 1.807) is 6.08 Å². The van der Waals surface area contributed by atoms with Gasteiger partial charge in [-0.25, -0.2) is 0 Å². The number of hydrogen-bond acceptors (Lipinski definition) is 3. The van der Waals surface area contributed by atoms with Gasteiger partial charge in [0.1, 0.15) is 24.0 Å². The third-order valence-electron chi connectivity index (χ3n) is 4.51. The molecule has 0 aliphatic carbocycles. The lowest BCUT2D eigenvalue weighted by Crippen LogP contribution is -2.13. The average Bonchev–Trinajstić information content (AvgIpc) is 2.78. The molecule has 3 aromatic rings. The predicted molar refractivity (Wildman–Crippen MR) is 128 cm³/mol. The van der Waals surface area contributed by atoms with Crippen molar-refractivity contribution < 1.29 is 9.53 Å². The maximum absolute atomic E-state index is 12.6. The maximum atomic E-state index is 12.6. The second-order valence-corrected chi connectivity index (χ2v) is 7.87. The van der Waals surface area contributed by atoms with E-state index >= 15 is 0 Å². The van der Waals surface area contributed by atoms with Gasteiger partial charge in [0.05, 0.1) is 0 Å². The number of ether oxygens (including phenoxy) is 1. The first-order valence-electron chi connectivity index (χ1n) is 9.57. The summed E-state index contributed by atoms with van der Waals surface area (Å²) in [4.78, 5) is 12.6. The zero-order valence-corrected chi connectivity index (χ0v) is 18.7. The number of anilines is 1. The molecule has 3 rings (SSSR count). The van der Waals surface area contributed by atoms with Crippen LogP contribution in [0.15, 0.2) is 78.4 Å². The van der Waals surface area contributed by atoms with E-state index in [9.17, 15) is 10.1 Å². The summed E-state index contributed by atoms with van der Waals surface area (Å²) in [6, 6.07) is 25.0. The number of carbonyl (C=O) groups is 1. The van der Waals surface area contributed by atoms with E-state index in [1.807, 2.05) is 78.9 Å². The van der Waals surface area contributed by atoms with Gasteiger partial charge >= 0.3 is 0 Å². The van der Waals surface area contributed by atoms with Gasteiger partial charge < -0.3 is 10.1 Å². The summed E-state index contributed by atoms with van der Waals surface area (Å²) < 4.78 is 7.10. The zero-order chi connectivity index (χ0) is 21.3. The van der Waals surface area contributed by atoms with Crippen molar-refractivity contribution in [3.8, 4) is 11.8 Å². The number of amides is 1. The molecule has 0 aliphatic rings. The third-order valence-corrected chi connectivity index (χ3v) is 5.23. The molecule has 0 aliphatic heterocycles. The Morgan fingerprint density at radius 2 is 1.70 bits per heavy atom. The predicted octanol–water partition coefficient (Wildman–Crippen LogP) is 5.98. The molecule has 1 N–H and O–H groups in total. The minimum atomic E-state index is -0.450. The average molecular weight is 508 g/mol. The van der Waals surface area contributed by atoms with E-state index in [-0.39, 0.29) is 5.57 Å². The van der Waals surface area contributed by atoms with Gasteiger partial charge in [0, 0.05) is 14.8 Å². The fourth-order valence-corrected chi connectivity index (χ4v) is 3.16. The van der Waals surface area contributed by atoms with Crippen LogP contribution in [-0.4, -0.2) is 5.91 Å². The molecule has 0 bridgehead atoms. The highest BCUT2D eigenvalue weighted by Gasteiger charge is 2.11. The highest BCUT2D eigenvalue weighted by atomic mass is 127. The molecule has 4 nitrogen and oxygen atoms in total.